The summed E-state index contributed by atoms with van der Waals surface area (Å²) in [5, 5.41) is 0.559. The Morgan fingerprint density at radius 1 is 1.47 bits per heavy atom. The van der Waals surface area contributed by atoms with E-state index in [2.05, 4.69) is 0 Å². The lowest BCUT2D eigenvalue weighted by molar-refractivity contribution is 0.0957. The number of hydrogen-bond donors (Lipinski definition) is 1. The number of ketones is 1. The Labute approximate surface area is 107 Å². The van der Waals surface area contributed by atoms with Gasteiger partial charge in [0.25, 0.3) is 0 Å². The van der Waals surface area contributed by atoms with Crippen LogP contribution in [0.5, 0.6) is 5.75 Å². The molecule has 1 rings (SSSR count). The van der Waals surface area contributed by atoms with Gasteiger partial charge in [-0.15, -0.1) is 0 Å². The average Bonchev–Trinajstić information content (AvgIpc) is 2.18. The van der Waals surface area contributed by atoms with E-state index in [9.17, 15) is 4.79 Å². The first kappa shape index (κ1) is 14.0. The van der Waals surface area contributed by atoms with Crippen LogP contribution in [-0.4, -0.2) is 18.4 Å². The zero-order valence-corrected chi connectivity index (χ0v) is 11.4. The minimum atomic E-state index is -0.542. The molecule has 2 N–H and O–H groups in total. The Kier molecular flexibility index (Phi) is 4.17. The number of halogens is 1. The lowest BCUT2D eigenvalue weighted by Gasteiger charge is -2.18. The fraction of sp³-hybridized carbons (Fsp3) is 0.462. The van der Waals surface area contributed by atoms with Crippen LogP contribution in [0.25, 0.3) is 0 Å². The van der Waals surface area contributed by atoms with E-state index in [1.54, 1.807) is 12.1 Å². The summed E-state index contributed by atoms with van der Waals surface area (Å²) in [6, 6.07) is 3.41. The van der Waals surface area contributed by atoms with E-state index >= 15 is 0 Å². The van der Waals surface area contributed by atoms with E-state index in [4.69, 9.17) is 22.1 Å². The molecule has 0 fully saturated rings. The van der Waals surface area contributed by atoms with Gasteiger partial charge in [-0.3, -0.25) is 4.79 Å². The maximum Gasteiger partial charge on any atom is 0.168 e. The molecular weight excluding hydrogens is 238 g/mol. The van der Waals surface area contributed by atoms with E-state index in [-0.39, 0.29) is 12.2 Å². The maximum atomic E-state index is 12.1. The molecule has 3 nitrogen and oxygen atoms in total. The molecule has 0 saturated carbocycles. The minimum absolute atomic E-state index is 0.0590. The van der Waals surface area contributed by atoms with Gasteiger partial charge in [0.15, 0.2) is 5.78 Å². The number of Topliss-reactive ketones (excluding diaryl/α,β-unsaturated/α-hetero) is 1. The van der Waals surface area contributed by atoms with Crippen LogP contribution < -0.4 is 10.5 Å². The first-order valence-electron chi connectivity index (χ1n) is 5.41. The molecule has 0 amide bonds. The largest absolute Gasteiger partial charge is 0.496 e. The summed E-state index contributed by atoms with van der Waals surface area (Å²) in [5.74, 6) is 0.484. The van der Waals surface area contributed by atoms with Crippen LogP contribution in [0.1, 0.15) is 36.2 Å². The summed E-state index contributed by atoms with van der Waals surface area (Å²) in [6.45, 7) is 5.49. The molecule has 0 saturated heterocycles. The van der Waals surface area contributed by atoms with Crippen molar-refractivity contribution in [2.24, 2.45) is 5.73 Å². The first-order valence-corrected chi connectivity index (χ1v) is 5.78. The third kappa shape index (κ3) is 3.72. The molecule has 0 heterocycles. The van der Waals surface area contributed by atoms with Crippen molar-refractivity contribution < 1.29 is 9.53 Å². The van der Waals surface area contributed by atoms with Crippen molar-refractivity contribution in [3.8, 4) is 5.75 Å². The van der Waals surface area contributed by atoms with Gasteiger partial charge in [0.05, 0.1) is 12.7 Å². The summed E-state index contributed by atoms with van der Waals surface area (Å²) >= 11 is 6.02. The van der Waals surface area contributed by atoms with Crippen molar-refractivity contribution in [1.82, 2.24) is 0 Å². The average molecular weight is 256 g/mol. The standard InChI is InChI=1S/C13H18ClNO2/c1-8-5-12(17-4)9(6-10(8)14)11(16)7-13(2,3)15/h5-6H,7,15H2,1-4H3. The lowest BCUT2D eigenvalue weighted by atomic mass is 9.94. The van der Waals surface area contributed by atoms with Gasteiger partial charge >= 0.3 is 0 Å². The molecule has 0 aromatic heterocycles. The number of rotatable bonds is 4. The van der Waals surface area contributed by atoms with Crippen LogP contribution in [0.3, 0.4) is 0 Å². The zero-order valence-electron chi connectivity index (χ0n) is 10.6. The molecule has 0 spiro atoms. The fourth-order valence-corrected chi connectivity index (χ4v) is 1.71. The summed E-state index contributed by atoms with van der Waals surface area (Å²) in [4.78, 5) is 12.1. The highest BCUT2D eigenvalue weighted by Crippen LogP contribution is 2.28. The molecular formula is C13H18ClNO2. The monoisotopic (exact) mass is 255 g/mol. The number of carbonyl (C=O) groups excluding carboxylic acids is 1. The predicted octanol–water partition coefficient (Wildman–Crippen LogP) is 2.97. The van der Waals surface area contributed by atoms with Crippen LogP contribution in [0.15, 0.2) is 12.1 Å². The second-order valence-corrected chi connectivity index (χ2v) is 5.30. The molecule has 4 heteroatoms. The summed E-state index contributed by atoms with van der Waals surface area (Å²) in [5.41, 5.74) is 6.67. The van der Waals surface area contributed by atoms with Gasteiger partial charge in [-0.05, 0) is 38.5 Å². The Hall–Kier alpha value is -1.06. The number of ether oxygens (including phenoxy) is 1. The Morgan fingerprint density at radius 2 is 2.06 bits per heavy atom. The molecule has 0 unspecified atom stereocenters. The second kappa shape index (κ2) is 5.07. The van der Waals surface area contributed by atoms with Crippen LogP contribution >= 0.6 is 11.6 Å². The molecule has 0 aliphatic carbocycles. The van der Waals surface area contributed by atoms with Crippen molar-refractivity contribution in [2.45, 2.75) is 32.7 Å². The molecule has 0 aliphatic rings. The Morgan fingerprint density at radius 3 is 2.53 bits per heavy atom. The normalized spacial score (nSPS) is 11.4. The van der Waals surface area contributed by atoms with E-state index in [1.165, 1.54) is 7.11 Å². The number of methoxy groups -OCH3 is 1. The zero-order chi connectivity index (χ0) is 13.2. The number of carbonyl (C=O) groups is 1. The molecule has 0 bridgehead atoms. The first-order chi connectivity index (χ1) is 7.74. The third-order valence-corrected chi connectivity index (χ3v) is 2.80. The summed E-state index contributed by atoms with van der Waals surface area (Å²) in [6.07, 6.45) is 0.253. The van der Waals surface area contributed by atoms with Gasteiger partial charge < -0.3 is 10.5 Å². The van der Waals surface area contributed by atoms with E-state index in [0.29, 0.717) is 16.3 Å². The molecule has 1 aromatic carbocycles. The van der Waals surface area contributed by atoms with Gasteiger partial charge in [-0.25, -0.2) is 0 Å². The van der Waals surface area contributed by atoms with Crippen molar-refractivity contribution in [3.05, 3.63) is 28.3 Å². The second-order valence-electron chi connectivity index (χ2n) is 4.89. The summed E-state index contributed by atoms with van der Waals surface area (Å²) < 4.78 is 5.20. The lowest BCUT2D eigenvalue weighted by Crippen LogP contribution is -2.34. The van der Waals surface area contributed by atoms with Crippen molar-refractivity contribution >= 4 is 17.4 Å². The Bertz CT molecular complexity index is 436. The highest BCUT2D eigenvalue weighted by atomic mass is 35.5. The molecule has 0 radical (unpaired) electrons. The van der Waals surface area contributed by atoms with Gasteiger partial charge in [0, 0.05) is 17.0 Å². The number of nitrogens with two attached hydrogens (primary N) is 1. The summed E-state index contributed by atoms with van der Waals surface area (Å²) in [7, 11) is 1.53. The highest BCUT2D eigenvalue weighted by Gasteiger charge is 2.21. The van der Waals surface area contributed by atoms with Crippen LogP contribution in [-0.2, 0) is 0 Å². The molecule has 17 heavy (non-hydrogen) atoms. The van der Waals surface area contributed by atoms with E-state index in [0.717, 1.165) is 5.56 Å². The van der Waals surface area contributed by atoms with Gasteiger partial charge in [0.1, 0.15) is 5.75 Å². The molecule has 0 aliphatic heterocycles. The number of benzene rings is 1. The molecule has 0 atom stereocenters. The SMILES string of the molecule is COc1cc(C)c(Cl)cc1C(=O)CC(C)(C)N. The third-order valence-electron chi connectivity index (χ3n) is 2.40. The fourth-order valence-electron chi connectivity index (χ4n) is 1.55. The predicted molar refractivity (Wildman–Crippen MR) is 70.0 cm³/mol. The van der Waals surface area contributed by atoms with Crippen LogP contribution in [0.2, 0.25) is 5.02 Å². The maximum absolute atomic E-state index is 12.1. The topological polar surface area (TPSA) is 52.3 Å². The Balaban J connectivity index is 3.12. The molecule has 94 valence electrons. The van der Waals surface area contributed by atoms with Gasteiger partial charge in [-0.1, -0.05) is 11.6 Å². The van der Waals surface area contributed by atoms with E-state index < -0.39 is 5.54 Å². The smallest absolute Gasteiger partial charge is 0.168 e. The highest BCUT2D eigenvalue weighted by molar-refractivity contribution is 6.31. The van der Waals surface area contributed by atoms with Gasteiger partial charge in [0.2, 0.25) is 0 Å². The minimum Gasteiger partial charge on any atom is -0.496 e. The van der Waals surface area contributed by atoms with Crippen molar-refractivity contribution in [1.29, 1.82) is 0 Å². The van der Waals surface area contributed by atoms with Crippen LogP contribution in [0, 0.1) is 6.92 Å². The van der Waals surface area contributed by atoms with Crippen molar-refractivity contribution in [2.75, 3.05) is 7.11 Å². The number of hydrogen-bond acceptors (Lipinski definition) is 3. The van der Waals surface area contributed by atoms with Crippen molar-refractivity contribution in [3.63, 3.8) is 0 Å². The van der Waals surface area contributed by atoms with Gasteiger partial charge in [-0.2, -0.15) is 0 Å². The molecule has 1 aromatic rings. The van der Waals surface area contributed by atoms with Crippen LogP contribution in [0.4, 0.5) is 0 Å². The quantitative estimate of drug-likeness (QED) is 0.842. The number of aryl methyl sites for hydroxylation is 1. The van der Waals surface area contributed by atoms with E-state index in [1.807, 2.05) is 20.8 Å².